The van der Waals surface area contributed by atoms with Crippen molar-refractivity contribution in [2.45, 2.75) is 83.0 Å². The van der Waals surface area contributed by atoms with E-state index >= 15 is 0 Å². The molecule has 14 nitrogen and oxygen atoms in total. The minimum atomic E-state index is -0.767. The number of rotatable bonds is 9. The van der Waals surface area contributed by atoms with Crippen molar-refractivity contribution in [3.8, 4) is 23.1 Å². The molecule has 2 fully saturated rings. The molecule has 56 heavy (non-hydrogen) atoms. The average Bonchev–Trinajstić information content (AvgIpc) is 4.03. The van der Waals surface area contributed by atoms with Gasteiger partial charge in [0, 0.05) is 35.5 Å². The number of hydrogen-bond acceptors (Lipinski definition) is 8. The molecule has 1 aliphatic carbocycles. The summed E-state index contributed by atoms with van der Waals surface area (Å²) in [5.41, 5.74) is 7.54. The lowest BCUT2D eigenvalue weighted by atomic mass is 9.91. The molecule has 0 saturated carbocycles. The van der Waals surface area contributed by atoms with E-state index in [-0.39, 0.29) is 36.2 Å². The van der Waals surface area contributed by atoms with Crippen LogP contribution in [0.1, 0.15) is 92.1 Å². The molecule has 292 valence electrons. The summed E-state index contributed by atoms with van der Waals surface area (Å²) in [5.74, 6) is 7.68. The van der Waals surface area contributed by atoms with Crippen LogP contribution >= 0.6 is 0 Å². The largest absolute Gasteiger partial charge is 0.453 e. The zero-order chi connectivity index (χ0) is 39.5. The molecule has 4 atom stereocenters. The van der Waals surface area contributed by atoms with Crippen LogP contribution in [-0.2, 0) is 31.9 Å². The van der Waals surface area contributed by atoms with Crippen LogP contribution in [0.3, 0.4) is 0 Å². The Balaban J connectivity index is 1.06. The first-order valence-electron chi connectivity index (χ1n) is 19.2. The van der Waals surface area contributed by atoms with Gasteiger partial charge >= 0.3 is 12.2 Å². The predicted octanol–water partition coefficient (Wildman–Crippen LogP) is 5.46. The summed E-state index contributed by atoms with van der Waals surface area (Å²) in [5, 5.41) is 5.34. The fourth-order valence-electron chi connectivity index (χ4n) is 8.07. The van der Waals surface area contributed by atoms with E-state index in [4.69, 9.17) is 19.4 Å². The van der Waals surface area contributed by atoms with E-state index in [1.54, 1.807) is 11.0 Å². The lowest BCUT2D eigenvalue weighted by Crippen LogP contribution is -2.51. The number of hydrogen-bond donors (Lipinski definition) is 4. The zero-order valence-electron chi connectivity index (χ0n) is 32.2. The Morgan fingerprint density at radius 2 is 1.52 bits per heavy atom. The van der Waals surface area contributed by atoms with Gasteiger partial charge in [0.2, 0.25) is 11.8 Å². The summed E-state index contributed by atoms with van der Waals surface area (Å²) < 4.78 is 9.50. The Morgan fingerprint density at radius 3 is 2.20 bits per heavy atom. The molecule has 2 aromatic carbocycles. The van der Waals surface area contributed by atoms with E-state index in [0.717, 1.165) is 83.5 Å². The molecule has 3 aliphatic rings. The molecule has 4 amide bonds. The Hall–Kier alpha value is -6.10. The second kappa shape index (κ2) is 16.3. The summed E-state index contributed by atoms with van der Waals surface area (Å²) >= 11 is 0. The third-order valence-corrected chi connectivity index (χ3v) is 10.9. The number of aryl methyl sites for hydroxylation is 2. The fourth-order valence-corrected chi connectivity index (χ4v) is 8.07. The van der Waals surface area contributed by atoms with Crippen molar-refractivity contribution in [3.05, 3.63) is 83.1 Å². The number of carbonyl (C=O) groups excluding carboxylic acids is 4. The lowest BCUT2D eigenvalue weighted by Gasteiger charge is -2.30. The molecule has 0 spiro atoms. The molecule has 4 heterocycles. The number of imidazole rings is 2. The van der Waals surface area contributed by atoms with Crippen molar-refractivity contribution in [1.82, 2.24) is 40.4 Å². The molecule has 0 unspecified atom stereocenters. The molecule has 7 rings (SSSR count). The van der Waals surface area contributed by atoms with Crippen LogP contribution in [-0.4, -0.2) is 93.1 Å². The van der Waals surface area contributed by atoms with E-state index < -0.39 is 24.3 Å². The highest BCUT2D eigenvalue weighted by Crippen LogP contribution is 2.38. The number of alkyl carbamates (subject to hydrolysis) is 2. The van der Waals surface area contributed by atoms with Gasteiger partial charge in [-0.05, 0) is 86.8 Å². The minimum Gasteiger partial charge on any atom is -0.453 e. The maximum Gasteiger partial charge on any atom is 0.407 e. The predicted molar refractivity (Wildman–Crippen MR) is 209 cm³/mol. The Bertz CT molecular complexity index is 2230. The van der Waals surface area contributed by atoms with Crippen molar-refractivity contribution in [3.63, 3.8) is 0 Å². The quantitative estimate of drug-likeness (QED) is 0.129. The maximum absolute atomic E-state index is 13.7. The topological polar surface area (TPSA) is 175 Å². The van der Waals surface area contributed by atoms with Crippen LogP contribution in [0.25, 0.3) is 22.3 Å². The zero-order valence-corrected chi connectivity index (χ0v) is 32.2. The number of ether oxygens (including phenoxy) is 2. The lowest BCUT2D eigenvalue weighted by molar-refractivity contribution is -0.135. The van der Waals surface area contributed by atoms with Gasteiger partial charge in [0.15, 0.2) is 0 Å². The van der Waals surface area contributed by atoms with Crippen molar-refractivity contribution in [2.75, 3.05) is 27.3 Å². The number of methoxy groups -OCH3 is 2. The number of nitrogens with zero attached hydrogens (tertiary/aromatic N) is 4. The van der Waals surface area contributed by atoms with Crippen molar-refractivity contribution < 1.29 is 28.7 Å². The standard InChI is InChI=1S/C42H48N8O6/c1-6-9-31(46-41(53)55-4)39(51)49-20-7-10-33(49)37-43-29-18-15-26(23-32(29)45-37)13-12-25-14-17-28-27(22-25)16-19-30-36(28)47-38(44-30)34-11-8-21-50(34)40(52)35(24(2)3)48-42(54)56-5/h6,14-15,17-18,22-24,31,33-35H,1,7-11,16,19-21H2,2-5H3,(H,43,45)(H,44,47)(H,46,53)(H,48,54)/t31-,33-,34-,35-/m0/s1. The molecule has 2 saturated heterocycles. The van der Waals surface area contributed by atoms with Gasteiger partial charge in [-0.1, -0.05) is 37.8 Å². The minimum absolute atomic E-state index is 0.106. The van der Waals surface area contributed by atoms with Crippen molar-refractivity contribution in [1.29, 1.82) is 0 Å². The second-order valence-electron chi connectivity index (χ2n) is 14.9. The maximum atomic E-state index is 13.7. The molecular formula is C42H48N8O6. The Labute approximate surface area is 325 Å². The molecule has 0 bridgehead atoms. The second-order valence-corrected chi connectivity index (χ2v) is 14.9. The van der Waals surface area contributed by atoms with Crippen LogP contribution in [0, 0.1) is 17.8 Å². The number of likely N-dealkylation sites (tertiary alicyclic amines) is 2. The molecule has 0 radical (unpaired) electrons. The van der Waals surface area contributed by atoms with Gasteiger partial charge in [-0.3, -0.25) is 9.59 Å². The molecule has 2 aliphatic heterocycles. The number of carbonyl (C=O) groups is 4. The van der Waals surface area contributed by atoms with Gasteiger partial charge in [0.25, 0.3) is 0 Å². The van der Waals surface area contributed by atoms with E-state index in [9.17, 15) is 19.2 Å². The van der Waals surface area contributed by atoms with Gasteiger partial charge in [-0.15, -0.1) is 6.58 Å². The van der Waals surface area contributed by atoms with Gasteiger partial charge in [-0.2, -0.15) is 0 Å². The van der Waals surface area contributed by atoms with Crippen LogP contribution < -0.4 is 10.6 Å². The monoisotopic (exact) mass is 760 g/mol. The average molecular weight is 761 g/mol. The SMILES string of the molecule is C=CC[C@H](NC(=O)OC)C(=O)N1CCC[C@H]1c1nc2ccc(C#Cc3ccc4c(c3)CCc3[nH]c([C@@H]5CCCN5C(=O)[C@@H](NC(=O)OC)C(C)C)nc3-4)cc2[nH]1. The highest BCUT2D eigenvalue weighted by Gasteiger charge is 2.39. The van der Waals surface area contributed by atoms with Gasteiger partial charge in [-0.25, -0.2) is 19.6 Å². The summed E-state index contributed by atoms with van der Waals surface area (Å²) in [6.07, 6.45) is 5.47. The van der Waals surface area contributed by atoms with Crippen LogP contribution in [0.4, 0.5) is 9.59 Å². The number of nitrogens with one attached hydrogen (secondary N) is 4. The first kappa shape index (κ1) is 38.2. The van der Waals surface area contributed by atoms with Crippen molar-refractivity contribution >= 4 is 35.0 Å². The van der Waals surface area contributed by atoms with Crippen LogP contribution in [0.2, 0.25) is 0 Å². The highest BCUT2D eigenvalue weighted by molar-refractivity contribution is 5.87. The Morgan fingerprint density at radius 1 is 0.875 bits per heavy atom. The molecule has 4 aromatic rings. The molecule has 14 heteroatoms. The number of amides is 4. The number of benzene rings is 2. The first-order valence-corrected chi connectivity index (χ1v) is 19.2. The van der Waals surface area contributed by atoms with Gasteiger partial charge in [0.05, 0.1) is 43.0 Å². The normalized spacial score (nSPS) is 18.4. The molecular weight excluding hydrogens is 713 g/mol. The van der Waals surface area contributed by atoms with Gasteiger partial charge < -0.3 is 39.9 Å². The summed E-state index contributed by atoms with van der Waals surface area (Å²) in [7, 11) is 2.56. The van der Waals surface area contributed by atoms with Crippen LogP contribution in [0.5, 0.6) is 0 Å². The highest BCUT2D eigenvalue weighted by atomic mass is 16.5. The summed E-state index contributed by atoms with van der Waals surface area (Å²) in [4.78, 5) is 71.5. The van der Waals surface area contributed by atoms with E-state index in [1.165, 1.54) is 19.8 Å². The summed E-state index contributed by atoms with van der Waals surface area (Å²) in [6, 6.07) is 10.2. The van der Waals surface area contributed by atoms with E-state index in [0.29, 0.717) is 18.9 Å². The fraction of sp³-hybridized carbons (Fsp3) is 0.429. The number of fused-ring (bicyclic) bond motifs is 4. The van der Waals surface area contributed by atoms with Gasteiger partial charge in [0.1, 0.15) is 23.7 Å². The van der Waals surface area contributed by atoms with Crippen molar-refractivity contribution in [2.24, 2.45) is 5.92 Å². The summed E-state index contributed by atoms with van der Waals surface area (Å²) in [6.45, 7) is 8.72. The van der Waals surface area contributed by atoms with E-state index in [1.807, 2.05) is 43.0 Å². The number of aromatic amines is 2. The smallest absolute Gasteiger partial charge is 0.407 e. The first-order chi connectivity index (χ1) is 27.1. The Kier molecular flexibility index (Phi) is 11.1. The molecule has 2 aromatic heterocycles. The molecule has 4 N–H and O–H groups in total. The third kappa shape index (κ3) is 7.71. The third-order valence-electron chi connectivity index (χ3n) is 10.9. The number of aromatic nitrogens is 4. The number of H-pyrrole nitrogens is 2. The van der Waals surface area contributed by atoms with E-state index in [2.05, 4.69) is 51.2 Å². The van der Waals surface area contributed by atoms with Crippen LogP contribution in [0.15, 0.2) is 49.1 Å².